The molecule has 0 bridgehead atoms. The summed E-state index contributed by atoms with van der Waals surface area (Å²) in [5, 5.41) is 3.36. The zero-order chi connectivity index (χ0) is 10.9. The molecule has 1 N–H and O–H groups in total. The molecule has 1 aliphatic carbocycles. The van der Waals surface area contributed by atoms with Crippen molar-refractivity contribution in [3.63, 3.8) is 0 Å². The van der Waals surface area contributed by atoms with Crippen molar-refractivity contribution in [1.29, 1.82) is 0 Å². The molecule has 3 heterocycles. The molecule has 0 aromatic rings. The quantitative estimate of drug-likeness (QED) is 0.640. The van der Waals surface area contributed by atoms with Crippen LogP contribution in [0.15, 0.2) is 0 Å². The van der Waals surface area contributed by atoms with Crippen molar-refractivity contribution >= 4 is 5.91 Å². The van der Waals surface area contributed by atoms with E-state index < -0.39 is 0 Å². The molecule has 0 aromatic carbocycles. The highest BCUT2D eigenvalue weighted by molar-refractivity contribution is 5.86. The Morgan fingerprint density at radius 2 is 2.00 bits per heavy atom. The topological polar surface area (TPSA) is 45.5 Å². The van der Waals surface area contributed by atoms with Gasteiger partial charge >= 0.3 is 0 Å². The molecule has 4 heteroatoms. The number of hydrogen-bond donors (Lipinski definition) is 1. The lowest BCUT2D eigenvalue weighted by Crippen LogP contribution is -2.52. The van der Waals surface area contributed by atoms with Crippen LogP contribution >= 0.6 is 0 Å². The van der Waals surface area contributed by atoms with Gasteiger partial charge in [-0.25, -0.2) is 0 Å². The molecule has 0 aromatic heterocycles. The largest absolute Gasteiger partial charge is 0.339 e. The standard InChI is InChI=1S/C12H19N3O/c1-14-4-8-5-15(6-9(8)14)12(16)11-10(13-11)7-2-3-7/h7-11,13H,2-6H2,1H3/t8?,9?,10-,11+/m0/s1. The predicted octanol–water partition coefficient (Wildman–Crippen LogP) is -0.491. The minimum absolute atomic E-state index is 0.176. The van der Waals surface area contributed by atoms with Gasteiger partial charge in [0.05, 0.1) is 0 Å². The first-order chi connectivity index (χ1) is 7.74. The lowest BCUT2D eigenvalue weighted by Gasteiger charge is -2.40. The Morgan fingerprint density at radius 1 is 1.19 bits per heavy atom. The second kappa shape index (κ2) is 2.99. The molecule has 3 aliphatic heterocycles. The van der Waals surface area contributed by atoms with Gasteiger partial charge in [-0.05, 0) is 25.8 Å². The summed E-state index contributed by atoms with van der Waals surface area (Å²) < 4.78 is 0. The second-order valence-corrected chi connectivity index (χ2v) is 6.02. The van der Waals surface area contributed by atoms with Gasteiger partial charge < -0.3 is 9.80 Å². The molecule has 16 heavy (non-hydrogen) atoms. The number of hydrogen-bond acceptors (Lipinski definition) is 3. The van der Waals surface area contributed by atoms with E-state index in [1.165, 1.54) is 19.4 Å². The predicted molar refractivity (Wildman–Crippen MR) is 59.9 cm³/mol. The lowest BCUT2D eigenvalue weighted by atomic mass is 9.93. The van der Waals surface area contributed by atoms with Crippen molar-refractivity contribution in [2.45, 2.75) is 31.0 Å². The van der Waals surface area contributed by atoms with E-state index in [-0.39, 0.29) is 6.04 Å². The number of rotatable bonds is 2. The fraction of sp³-hybridized carbons (Fsp3) is 0.917. The molecule has 4 nitrogen and oxygen atoms in total. The van der Waals surface area contributed by atoms with Crippen LogP contribution in [0.5, 0.6) is 0 Å². The number of carbonyl (C=O) groups excluding carboxylic acids is 1. The number of likely N-dealkylation sites (N-methyl/N-ethyl adjacent to an activating group) is 1. The maximum atomic E-state index is 12.2. The summed E-state index contributed by atoms with van der Waals surface area (Å²) in [5.41, 5.74) is 0. The number of likely N-dealkylation sites (tertiary alicyclic amines) is 2. The van der Waals surface area contributed by atoms with Crippen LogP contribution in [0.2, 0.25) is 0 Å². The number of nitrogens with zero attached hydrogens (tertiary/aromatic N) is 2. The number of nitrogens with one attached hydrogen (secondary N) is 1. The summed E-state index contributed by atoms with van der Waals surface area (Å²) in [6, 6.07) is 1.36. The number of fused-ring (bicyclic) bond motifs is 1. The highest BCUT2D eigenvalue weighted by Crippen LogP contribution is 2.41. The molecule has 1 saturated carbocycles. The first-order valence-corrected chi connectivity index (χ1v) is 6.49. The van der Waals surface area contributed by atoms with E-state index in [1.54, 1.807) is 0 Å². The van der Waals surface area contributed by atoms with Gasteiger partial charge in [0.1, 0.15) is 6.04 Å². The summed E-state index contributed by atoms with van der Waals surface area (Å²) >= 11 is 0. The Morgan fingerprint density at radius 3 is 2.62 bits per heavy atom. The van der Waals surface area contributed by atoms with E-state index in [4.69, 9.17) is 0 Å². The van der Waals surface area contributed by atoms with Crippen LogP contribution < -0.4 is 5.32 Å². The van der Waals surface area contributed by atoms with Gasteiger partial charge in [0.25, 0.3) is 0 Å². The van der Waals surface area contributed by atoms with Crippen LogP contribution in [0.25, 0.3) is 0 Å². The zero-order valence-electron chi connectivity index (χ0n) is 9.72. The average molecular weight is 221 g/mol. The Balaban J connectivity index is 1.38. The number of carbonyl (C=O) groups is 1. The Bertz CT molecular complexity index is 341. The van der Waals surface area contributed by atoms with Crippen molar-refractivity contribution in [3.05, 3.63) is 0 Å². The first-order valence-electron chi connectivity index (χ1n) is 6.49. The third kappa shape index (κ3) is 1.26. The lowest BCUT2D eigenvalue weighted by molar-refractivity contribution is -0.129. The zero-order valence-corrected chi connectivity index (χ0v) is 9.72. The van der Waals surface area contributed by atoms with E-state index in [2.05, 4.69) is 22.2 Å². The van der Waals surface area contributed by atoms with Gasteiger partial charge in [0.15, 0.2) is 0 Å². The van der Waals surface area contributed by atoms with Gasteiger partial charge in [0.2, 0.25) is 5.91 Å². The highest BCUT2D eigenvalue weighted by Gasteiger charge is 2.54. The van der Waals surface area contributed by atoms with Crippen LogP contribution in [0.4, 0.5) is 0 Å². The Hall–Kier alpha value is -0.610. The maximum Gasteiger partial charge on any atom is 0.241 e. The van der Waals surface area contributed by atoms with Gasteiger partial charge in [-0.15, -0.1) is 0 Å². The average Bonchev–Trinajstić information content (AvgIpc) is 3.11. The molecule has 4 rings (SSSR count). The third-order valence-electron chi connectivity index (χ3n) is 4.82. The summed E-state index contributed by atoms with van der Waals surface area (Å²) in [6.07, 6.45) is 2.66. The number of amides is 1. The molecular formula is C12H19N3O. The van der Waals surface area contributed by atoms with Gasteiger partial charge in [-0.1, -0.05) is 0 Å². The highest BCUT2D eigenvalue weighted by atomic mass is 16.2. The van der Waals surface area contributed by atoms with Gasteiger partial charge in [-0.3, -0.25) is 10.1 Å². The van der Waals surface area contributed by atoms with Crippen LogP contribution in [0.1, 0.15) is 12.8 Å². The molecule has 2 unspecified atom stereocenters. The summed E-state index contributed by atoms with van der Waals surface area (Å²) in [6.45, 7) is 3.15. The fourth-order valence-electron chi connectivity index (χ4n) is 3.52. The SMILES string of the molecule is CN1CC2CN(C(=O)[C@@H]3N[C@H]3C3CC3)CC21. The Kier molecular flexibility index (Phi) is 1.76. The monoisotopic (exact) mass is 221 g/mol. The molecule has 4 aliphatic rings. The molecule has 4 fully saturated rings. The van der Waals surface area contributed by atoms with E-state index in [0.29, 0.717) is 18.0 Å². The van der Waals surface area contributed by atoms with E-state index in [9.17, 15) is 4.79 Å². The maximum absolute atomic E-state index is 12.2. The van der Waals surface area contributed by atoms with Crippen molar-refractivity contribution in [3.8, 4) is 0 Å². The molecular weight excluding hydrogens is 202 g/mol. The van der Waals surface area contributed by atoms with E-state index >= 15 is 0 Å². The normalized spacial score (nSPS) is 46.4. The van der Waals surface area contributed by atoms with Crippen LogP contribution in [-0.2, 0) is 4.79 Å². The summed E-state index contributed by atoms with van der Waals surface area (Å²) in [7, 11) is 2.16. The van der Waals surface area contributed by atoms with E-state index in [0.717, 1.165) is 24.9 Å². The van der Waals surface area contributed by atoms with Crippen molar-refractivity contribution in [2.75, 3.05) is 26.7 Å². The third-order valence-corrected chi connectivity index (χ3v) is 4.82. The van der Waals surface area contributed by atoms with Crippen molar-refractivity contribution < 1.29 is 4.79 Å². The van der Waals surface area contributed by atoms with Gasteiger partial charge in [0, 0.05) is 37.6 Å². The second-order valence-electron chi connectivity index (χ2n) is 6.02. The molecule has 88 valence electrons. The first kappa shape index (κ1) is 9.42. The van der Waals surface area contributed by atoms with Gasteiger partial charge in [-0.2, -0.15) is 0 Å². The molecule has 0 spiro atoms. The smallest absolute Gasteiger partial charge is 0.241 e. The van der Waals surface area contributed by atoms with Crippen LogP contribution in [0, 0.1) is 11.8 Å². The summed E-state index contributed by atoms with van der Waals surface area (Å²) in [4.78, 5) is 16.7. The van der Waals surface area contributed by atoms with E-state index in [1.807, 2.05) is 0 Å². The van der Waals surface area contributed by atoms with Crippen LogP contribution in [0.3, 0.4) is 0 Å². The minimum atomic E-state index is 0.176. The fourth-order valence-corrected chi connectivity index (χ4v) is 3.52. The van der Waals surface area contributed by atoms with Crippen molar-refractivity contribution in [2.24, 2.45) is 11.8 Å². The Labute approximate surface area is 96.0 Å². The molecule has 1 amide bonds. The molecule has 3 saturated heterocycles. The minimum Gasteiger partial charge on any atom is -0.339 e. The summed E-state index contributed by atoms with van der Waals surface area (Å²) in [5.74, 6) is 1.95. The van der Waals surface area contributed by atoms with Crippen LogP contribution in [-0.4, -0.2) is 60.5 Å². The molecule has 4 atom stereocenters. The molecule has 0 radical (unpaired) electrons. The van der Waals surface area contributed by atoms with Crippen molar-refractivity contribution in [1.82, 2.24) is 15.1 Å².